The lowest BCUT2D eigenvalue weighted by molar-refractivity contribution is -0.138. The van der Waals surface area contributed by atoms with Crippen molar-refractivity contribution in [1.82, 2.24) is 5.32 Å². The van der Waals surface area contributed by atoms with E-state index in [0.29, 0.717) is 18.9 Å². The Balaban J connectivity index is 2.18. The molecule has 0 heterocycles. The first-order chi connectivity index (χ1) is 8.47. The number of carbonyl (C=O) groups is 2. The number of hydrogen-bond acceptors (Lipinski definition) is 2. The molecule has 0 bridgehead atoms. The number of nitrogens with one attached hydrogen (secondary N) is 1. The molecule has 0 aromatic heterocycles. The van der Waals surface area contributed by atoms with Crippen molar-refractivity contribution >= 4 is 11.9 Å². The van der Waals surface area contributed by atoms with Gasteiger partial charge in [0.1, 0.15) is 0 Å². The van der Waals surface area contributed by atoms with Gasteiger partial charge >= 0.3 is 5.97 Å². The van der Waals surface area contributed by atoms with Gasteiger partial charge in [-0.25, -0.2) is 0 Å². The molecule has 3 atom stereocenters. The number of aliphatic carboxylic acids is 1. The highest BCUT2D eigenvalue weighted by molar-refractivity contribution is 5.76. The fourth-order valence-electron chi connectivity index (χ4n) is 2.74. The first-order valence-corrected chi connectivity index (χ1v) is 6.95. The van der Waals surface area contributed by atoms with Crippen LogP contribution < -0.4 is 5.32 Å². The first-order valence-electron chi connectivity index (χ1n) is 6.95. The van der Waals surface area contributed by atoms with Gasteiger partial charge in [-0.05, 0) is 30.6 Å². The highest BCUT2D eigenvalue weighted by Gasteiger charge is 2.21. The van der Waals surface area contributed by atoms with Crippen LogP contribution in [0.5, 0.6) is 0 Å². The molecule has 1 amide bonds. The van der Waals surface area contributed by atoms with E-state index in [2.05, 4.69) is 12.2 Å². The maximum atomic E-state index is 11.7. The summed E-state index contributed by atoms with van der Waals surface area (Å²) in [6.07, 6.45) is 5.54. The van der Waals surface area contributed by atoms with Crippen molar-refractivity contribution in [1.29, 1.82) is 0 Å². The highest BCUT2D eigenvalue weighted by Crippen LogP contribution is 2.30. The van der Waals surface area contributed by atoms with E-state index in [0.717, 1.165) is 18.8 Å². The molecule has 1 aliphatic rings. The van der Waals surface area contributed by atoms with Crippen LogP contribution in [0, 0.1) is 17.8 Å². The third-order valence-corrected chi connectivity index (χ3v) is 3.69. The topological polar surface area (TPSA) is 66.4 Å². The van der Waals surface area contributed by atoms with E-state index in [9.17, 15) is 9.59 Å². The van der Waals surface area contributed by atoms with Crippen LogP contribution in [0.4, 0.5) is 0 Å². The van der Waals surface area contributed by atoms with Crippen molar-refractivity contribution < 1.29 is 14.7 Å². The molecule has 3 unspecified atom stereocenters. The largest absolute Gasteiger partial charge is 0.481 e. The molecular formula is C14H25NO3. The van der Waals surface area contributed by atoms with Crippen LogP contribution >= 0.6 is 0 Å². The number of carboxylic acid groups (broad SMARTS) is 1. The Morgan fingerprint density at radius 3 is 2.72 bits per heavy atom. The summed E-state index contributed by atoms with van der Waals surface area (Å²) in [6, 6.07) is 0. The van der Waals surface area contributed by atoms with Crippen molar-refractivity contribution in [3.63, 3.8) is 0 Å². The summed E-state index contributed by atoms with van der Waals surface area (Å²) in [6.45, 7) is 4.56. The summed E-state index contributed by atoms with van der Waals surface area (Å²) in [7, 11) is 0. The monoisotopic (exact) mass is 255 g/mol. The first kappa shape index (κ1) is 15.0. The summed E-state index contributed by atoms with van der Waals surface area (Å²) in [5.41, 5.74) is 0. The predicted octanol–water partition coefficient (Wildman–Crippen LogP) is 2.43. The van der Waals surface area contributed by atoms with Crippen LogP contribution in [0.1, 0.15) is 52.4 Å². The number of hydrogen-bond donors (Lipinski definition) is 2. The average molecular weight is 255 g/mol. The Hall–Kier alpha value is -1.06. The van der Waals surface area contributed by atoms with Crippen molar-refractivity contribution in [3.05, 3.63) is 0 Å². The SMILES string of the molecule is CC(CNC(=O)CC1CCCC(C)C1)CC(=O)O. The predicted molar refractivity (Wildman–Crippen MR) is 70.2 cm³/mol. The fraction of sp³-hybridized carbons (Fsp3) is 0.857. The van der Waals surface area contributed by atoms with E-state index < -0.39 is 5.97 Å². The molecule has 0 aromatic carbocycles. The Labute approximate surface area is 109 Å². The molecule has 18 heavy (non-hydrogen) atoms. The smallest absolute Gasteiger partial charge is 0.303 e. The van der Waals surface area contributed by atoms with E-state index in [1.165, 1.54) is 12.8 Å². The van der Waals surface area contributed by atoms with Gasteiger partial charge in [0.15, 0.2) is 0 Å². The number of amides is 1. The molecule has 0 saturated heterocycles. The minimum Gasteiger partial charge on any atom is -0.481 e. The quantitative estimate of drug-likeness (QED) is 0.766. The minimum atomic E-state index is -0.808. The van der Waals surface area contributed by atoms with Crippen LogP contribution in [0.15, 0.2) is 0 Å². The average Bonchev–Trinajstić information content (AvgIpc) is 2.25. The van der Waals surface area contributed by atoms with Gasteiger partial charge < -0.3 is 10.4 Å². The molecule has 1 saturated carbocycles. The zero-order valence-corrected chi connectivity index (χ0v) is 11.4. The van der Waals surface area contributed by atoms with Gasteiger partial charge in [0.05, 0.1) is 0 Å². The maximum absolute atomic E-state index is 11.7. The van der Waals surface area contributed by atoms with E-state index in [-0.39, 0.29) is 18.2 Å². The van der Waals surface area contributed by atoms with Crippen LogP contribution in [0.3, 0.4) is 0 Å². The van der Waals surface area contributed by atoms with Crippen LogP contribution in [0.2, 0.25) is 0 Å². The molecule has 2 N–H and O–H groups in total. The van der Waals surface area contributed by atoms with Gasteiger partial charge in [0.25, 0.3) is 0 Å². The lowest BCUT2D eigenvalue weighted by atomic mass is 9.81. The molecule has 104 valence electrons. The van der Waals surface area contributed by atoms with E-state index in [1.807, 2.05) is 6.92 Å². The zero-order chi connectivity index (χ0) is 13.5. The van der Waals surface area contributed by atoms with Gasteiger partial charge in [-0.1, -0.05) is 26.7 Å². The molecule has 1 rings (SSSR count). The van der Waals surface area contributed by atoms with Crippen LogP contribution in [0.25, 0.3) is 0 Å². The number of carboxylic acids is 1. The summed E-state index contributed by atoms with van der Waals surface area (Å²) in [5.74, 6) is 0.520. The Morgan fingerprint density at radius 1 is 1.39 bits per heavy atom. The normalized spacial score (nSPS) is 25.4. The molecule has 0 aliphatic heterocycles. The Morgan fingerprint density at radius 2 is 2.11 bits per heavy atom. The van der Waals surface area contributed by atoms with E-state index in [4.69, 9.17) is 5.11 Å². The van der Waals surface area contributed by atoms with Gasteiger partial charge in [0, 0.05) is 19.4 Å². The summed E-state index contributed by atoms with van der Waals surface area (Å²) in [4.78, 5) is 22.2. The molecule has 4 nitrogen and oxygen atoms in total. The molecule has 0 spiro atoms. The summed E-state index contributed by atoms with van der Waals surface area (Å²) in [5, 5.41) is 11.5. The second kappa shape index (κ2) is 7.39. The van der Waals surface area contributed by atoms with Crippen molar-refractivity contribution in [2.75, 3.05) is 6.54 Å². The van der Waals surface area contributed by atoms with Crippen LogP contribution in [-0.2, 0) is 9.59 Å². The summed E-state index contributed by atoms with van der Waals surface area (Å²) < 4.78 is 0. The third kappa shape index (κ3) is 6.03. The van der Waals surface area contributed by atoms with Gasteiger partial charge in [-0.2, -0.15) is 0 Å². The molecular weight excluding hydrogens is 230 g/mol. The number of carbonyl (C=O) groups excluding carboxylic acids is 1. The molecule has 1 aliphatic carbocycles. The zero-order valence-electron chi connectivity index (χ0n) is 11.4. The summed E-state index contributed by atoms with van der Waals surface area (Å²) >= 11 is 0. The third-order valence-electron chi connectivity index (χ3n) is 3.69. The van der Waals surface area contributed by atoms with Gasteiger partial charge in [-0.3, -0.25) is 9.59 Å². The Bertz CT molecular complexity index is 291. The second-order valence-electron chi connectivity index (χ2n) is 5.85. The highest BCUT2D eigenvalue weighted by atomic mass is 16.4. The standard InChI is InChI=1S/C14H25NO3/c1-10-4-3-5-12(6-10)8-13(16)15-9-11(2)7-14(17)18/h10-12H,3-9H2,1-2H3,(H,15,16)(H,17,18). The lowest BCUT2D eigenvalue weighted by Gasteiger charge is -2.26. The van der Waals surface area contributed by atoms with Crippen molar-refractivity contribution in [2.45, 2.75) is 52.4 Å². The maximum Gasteiger partial charge on any atom is 0.303 e. The second-order valence-corrected chi connectivity index (χ2v) is 5.85. The molecule has 0 aromatic rings. The van der Waals surface area contributed by atoms with Crippen molar-refractivity contribution in [2.24, 2.45) is 17.8 Å². The Kier molecular flexibility index (Phi) is 6.16. The molecule has 0 radical (unpaired) electrons. The van der Waals surface area contributed by atoms with Gasteiger partial charge in [-0.15, -0.1) is 0 Å². The molecule has 4 heteroatoms. The molecule has 1 fully saturated rings. The fourth-order valence-corrected chi connectivity index (χ4v) is 2.74. The minimum absolute atomic E-state index is 0.00303. The van der Waals surface area contributed by atoms with Crippen LogP contribution in [-0.4, -0.2) is 23.5 Å². The van der Waals surface area contributed by atoms with Crippen molar-refractivity contribution in [3.8, 4) is 0 Å². The van der Waals surface area contributed by atoms with E-state index in [1.54, 1.807) is 0 Å². The number of rotatable bonds is 6. The lowest BCUT2D eigenvalue weighted by Crippen LogP contribution is -2.31. The van der Waals surface area contributed by atoms with E-state index >= 15 is 0 Å². The van der Waals surface area contributed by atoms with Gasteiger partial charge in [0.2, 0.25) is 5.91 Å².